The van der Waals surface area contributed by atoms with Crippen LogP contribution in [0.4, 0.5) is 0 Å². The van der Waals surface area contributed by atoms with Crippen molar-refractivity contribution in [2.45, 2.75) is 0 Å². The molecule has 2 aromatic rings. The minimum atomic E-state index is -1.07. The van der Waals surface area contributed by atoms with Gasteiger partial charge in [0, 0.05) is 9.64 Å². The second-order valence-corrected chi connectivity index (χ2v) is 5.45. The molecule has 2 rings (SSSR count). The number of carbonyl (C=O) groups is 1. The van der Waals surface area contributed by atoms with Crippen LogP contribution in [0.3, 0.4) is 0 Å². The van der Waals surface area contributed by atoms with Crippen LogP contribution in [-0.2, 0) is 0 Å². The quantitative estimate of drug-likeness (QED) is 0.781. The number of benzene rings is 2. The number of halogens is 2. The Labute approximate surface area is 133 Å². The molecule has 1 N–H and O–H groups in total. The zero-order chi connectivity index (χ0) is 14.7. The third-order valence-electron chi connectivity index (χ3n) is 2.46. The highest BCUT2D eigenvalue weighted by Gasteiger charge is 2.13. The van der Waals surface area contributed by atoms with Gasteiger partial charge in [0.15, 0.2) is 0 Å². The van der Waals surface area contributed by atoms with Crippen molar-refractivity contribution in [1.29, 1.82) is 5.26 Å². The SMILES string of the molecule is N#Cc1ccc(Oc2ccc(I)cc2C(=O)O)cc1Cl. The maximum absolute atomic E-state index is 11.2. The van der Waals surface area contributed by atoms with Crippen LogP contribution < -0.4 is 4.74 Å². The van der Waals surface area contributed by atoms with Gasteiger partial charge in [-0.25, -0.2) is 4.79 Å². The summed E-state index contributed by atoms with van der Waals surface area (Å²) < 4.78 is 6.32. The first kappa shape index (κ1) is 14.6. The van der Waals surface area contributed by atoms with Gasteiger partial charge in [-0.05, 0) is 52.9 Å². The van der Waals surface area contributed by atoms with E-state index in [-0.39, 0.29) is 16.3 Å². The van der Waals surface area contributed by atoms with Gasteiger partial charge in [-0.1, -0.05) is 11.6 Å². The van der Waals surface area contributed by atoms with E-state index in [1.54, 1.807) is 18.2 Å². The van der Waals surface area contributed by atoms with Crippen molar-refractivity contribution < 1.29 is 14.6 Å². The van der Waals surface area contributed by atoms with E-state index in [0.717, 1.165) is 3.57 Å². The Kier molecular flexibility index (Phi) is 4.47. The smallest absolute Gasteiger partial charge is 0.339 e. The summed E-state index contributed by atoms with van der Waals surface area (Å²) >= 11 is 7.93. The van der Waals surface area contributed by atoms with Gasteiger partial charge in [-0.3, -0.25) is 0 Å². The number of carboxylic acids is 1. The van der Waals surface area contributed by atoms with Crippen LogP contribution in [0.5, 0.6) is 11.5 Å². The highest BCUT2D eigenvalue weighted by atomic mass is 127. The summed E-state index contributed by atoms with van der Waals surface area (Å²) in [6.07, 6.45) is 0. The van der Waals surface area contributed by atoms with Crippen LogP contribution in [0, 0.1) is 14.9 Å². The highest BCUT2D eigenvalue weighted by Crippen LogP contribution is 2.29. The largest absolute Gasteiger partial charge is 0.478 e. The van der Waals surface area contributed by atoms with Crippen molar-refractivity contribution in [3.8, 4) is 17.6 Å². The molecule has 0 saturated carbocycles. The van der Waals surface area contributed by atoms with Crippen LogP contribution in [0.1, 0.15) is 15.9 Å². The molecule has 0 unspecified atom stereocenters. The first-order chi connectivity index (χ1) is 9.51. The fourth-order valence-electron chi connectivity index (χ4n) is 1.54. The molecule has 4 nitrogen and oxygen atoms in total. The Hall–Kier alpha value is -1.78. The maximum Gasteiger partial charge on any atom is 0.339 e. The predicted molar refractivity (Wildman–Crippen MR) is 82.4 cm³/mol. The zero-order valence-corrected chi connectivity index (χ0v) is 12.8. The summed E-state index contributed by atoms with van der Waals surface area (Å²) in [4.78, 5) is 11.2. The number of nitriles is 1. The molecule has 0 radical (unpaired) electrons. The number of ether oxygens (including phenoxy) is 1. The molecule has 2 aromatic carbocycles. The molecule has 0 bridgehead atoms. The first-order valence-corrected chi connectivity index (χ1v) is 6.87. The van der Waals surface area contributed by atoms with E-state index < -0.39 is 5.97 Å². The van der Waals surface area contributed by atoms with Crippen molar-refractivity contribution in [3.63, 3.8) is 0 Å². The number of rotatable bonds is 3. The van der Waals surface area contributed by atoms with E-state index in [0.29, 0.717) is 11.3 Å². The maximum atomic E-state index is 11.2. The predicted octanol–water partition coefficient (Wildman–Crippen LogP) is 4.31. The van der Waals surface area contributed by atoms with Gasteiger partial charge in [0.2, 0.25) is 0 Å². The van der Waals surface area contributed by atoms with Gasteiger partial charge in [0.05, 0.1) is 10.6 Å². The average Bonchev–Trinajstić information content (AvgIpc) is 2.41. The summed E-state index contributed by atoms with van der Waals surface area (Å²) in [6.45, 7) is 0. The molecule has 0 saturated heterocycles. The van der Waals surface area contributed by atoms with Crippen LogP contribution in [0.25, 0.3) is 0 Å². The fourth-order valence-corrected chi connectivity index (χ4v) is 2.24. The zero-order valence-electron chi connectivity index (χ0n) is 9.93. The molecule has 20 heavy (non-hydrogen) atoms. The summed E-state index contributed by atoms with van der Waals surface area (Å²) in [5.41, 5.74) is 0.400. The Balaban J connectivity index is 2.38. The third-order valence-corrected chi connectivity index (χ3v) is 3.44. The van der Waals surface area contributed by atoms with Gasteiger partial charge in [-0.2, -0.15) is 5.26 Å². The van der Waals surface area contributed by atoms with Crippen molar-refractivity contribution in [2.75, 3.05) is 0 Å². The number of carboxylic acid groups (broad SMARTS) is 1. The molecule has 0 aliphatic carbocycles. The molecule has 0 atom stereocenters. The molecule has 0 amide bonds. The van der Waals surface area contributed by atoms with E-state index >= 15 is 0 Å². The minimum Gasteiger partial charge on any atom is -0.478 e. The van der Waals surface area contributed by atoms with Crippen molar-refractivity contribution in [3.05, 3.63) is 56.1 Å². The number of hydrogen-bond acceptors (Lipinski definition) is 3. The van der Waals surface area contributed by atoms with Gasteiger partial charge >= 0.3 is 5.97 Å². The van der Waals surface area contributed by atoms with Crippen molar-refractivity contribution in [1.82, 2.24) is 0 Å². The molecule has 100 valence electrons. The molecule has 0 spiro atoms. The Morgan fingerprint density at radius 2 is 2.05 bits per heavy atom. The van der Waals surface area contributed by atoms with Gasteiger partial charge in [0.1, 0.15) is 23.1 Å². The molecule has 0 heterocycles. The standard InChI is InChI=1S/C14H7ClINO3/c15-12-6-10(3-1-8(12)7-17)20-13-4-2-9(16)5-11(13)14(18)19/h1-6H,(H,18,19). The lowest BCUT2D eigenvalue weighted by Gasteiger charge is -2.09. The molecule has 0 aliphatic heterocycles. The number of nitrogens with zero attached hydrogens (tertiary/aromatic N) is 1. The molecule has 0 fully saturated rings. The molecule has 0 aliphatic rings. The second-order valence-electron chi connectivity index (χ2n) is 3.80. The molecular formula is C14H7ClINO3. The van der Waals surface area contributed by atoms with Gasteiger partial charge < -0.3 is 9.84 Å². The summed E-state index contributed by atoms with van der Waals surface area (Å²) in [5, 5.41) is 18.2. The Bertz CT molecular complexity index is 725. The third kappa shape index (κ3) is 3.21. The summed E-state index contributed by atoms with van der Waals surface area (Å²) in [5.74, 6) is -0.477. The summed E-state index contributed by atoms with van der Waals surface area (Å²) in [7, 11) is 0. The Morgan fingerprint density at radius 1 is 1.30 bits per heavy atom. The van der Waals surface area contributed by atoms with Crippen LogP contribution in [0.2, 0.25) is 5.02 Å². The van der Waals surface area contributed by atoms with Crippen molar-refractivity contribution >= 4 is 40.2 Å². The van der Waals surface area contributed by atoms with E-state index in [1.165, 1.54) is 18.2 Å². The van der Waals surface area contributed by atoms with E-state index in [2.05, 4.69) is 0 Å². The molecular weight excluding hydrogens is 393 g/mol. The lowest BCUT2D eigenvalue weighted by atomic mass is 10.2. The molecule has 0 aromatic heterocycles. The second kappa shape index (κ2) is 6.11. The number of aromatic carboxylic acids is 1. The van der Waals surface area contributed by atoms with Crippen LogP contribution in [-0.4, -0.2) is 11.1 Å². The van der Waals surface area contributed by atoms with Gasteiger partial charge in [-0.15, -0.1) is 0 Å². The average molecular weight is 400 g/mol. The highest BCUT2D eigenvalue weighted by molar-refractivity contribution is 14.1. The lowest BCUT2D eigenvalue weighted by Crippen LogP contribution is -2.00. The van der Waals surface area contributed by atoms with E-state index in [4.69, 9.17) is 26.7 Å². The normalized spacial score (nSPS) is 9.85. The van der Waals surface area contributed by atoms with Crippen LogP contribution in [0.15, 0.2) is 36.4 Å². The Morgan fingerprint density at radius 3 is 2.65 bits per heavy atom. The monoisotopic (exact) mass is 399 g/mol. The summed E-state index contributed by atoms with van der Waals surface area (Å²) in [6, 6.07) is 11.3. The topological polar surface area (TPSA) is 70.3 Å². The van der Waals surface area contributed by atoms with Gasteiger partial charge in [0.25, 0.3) is 0 Å². The van der Waals surface area contributed by atoms with E-state index in [1.807, 2.05) is 28.7 Å². The van der Waals surface area contributed by atoms with E-state index in [9.17, 15) is 4.79 Å². The lowest BCUT2D eigenvalue weighted by molar-refractivity contribution is 0.0694. The number of hydrogen-bond donors (Lipinski definition) is 1. The fraction of sp³-hybridized carbons (Fsp3) is 0. The first-order valence-electron chi connectivity index (χ1n) is 5.41. The minimum absolute atomic E-state index is 0.0670. The van der Waals surface area contributed by atoms with Crippen molar-refractivity contribution in [2.24, 2.45) is 0 Å². The van der Waals surface area contributed by atoms with Crippen LogP contribution >= 0.6 is 34.2 Å². The molecule has 6 heteroatoms.